The van der Waals surface area contributed by atoms with Crippen molar-refractivity contribution in [2.45, 2.75) is 45.7 Å². The summed E-state index contributed by atoms with van der Waals surface area (Å²) in [5.74, 6) is 0.909. The number of nitrogens with zero attached hydrogens (tertiary/aromatic N) is 1. The lowest BCUT2D eigenvalue weighted by atomic mass is 10.1. The predicted molar refractivity (Wildman–Crippen MR) is 91.0 cm³/mol. The molecule has 0 saturated carbocycles. The molecule has 23 heavy (non-hydrogen) atoms. The smallest absolute Gasteiger partial charge is 0.317 e. The maximum absolute atomic E-state index is 12.3. The van der Waals surface area contributed by atoms with Crippen LogP contribution in [0, 0.1) is 13.8 Å². The quantitative estimate of drug-likeness (QED) is 0.907. The Morgan fingerprint density at radius 1 is 1.35 bits per heavy atom. The van der Waals surface area contributed by atoms with E-state index in [1.807, 2.05) is 46.0 Å². The van der Waals surface area contributed by atoms with E-state index in [9.17, 15) is 4.79 Å². The van der Waals surface area contributed by atoms with Gasteiger partial charge in [-0.25, -0.2) is 4.79 Å². The zero-order chi connectivity index (χ0) is 16.8. The first-order chi connectivity index (χ1) is 11.0. The molecule has 128 valence electrons. The molecule has 0 spiro atoms. The van der Waals surface area contributed by atoms with Crippen molar-refractivity contribution in [2.75, 3.05) is 26.9 Å². The van der Waals surface area contributed by atoms with Gasteiger partial charge in [0.05, 0.1) is 6.04 Å². The average molecular weight is 320 g/mol. The van der Waals surface area contributed by atoms with Crippen molar-refractivity contribution in [3.63, 3.8) is 0 Å². The van der Waals surface area contributed by atoms with Gasteiger partial charge in [-0.1, -0.05) is 18.2 Å². The highest BCUT2D eigenvalue weighted by Crippen LogP contribution is 2.22. The van der Waals surface area contributed by atoms with Crippen LogP contribution in [0.5, 0.6) is 5.75 Å². The zero-order valence-corrected chi connectivity index (χ0v) is 14.6. The number of para-hydroxylation sites is 1. The molecular formula is C18H28N2O3. The highest BCUT2D eigenvalue weighted by Gasteiger charge is 2.23. The van der Waals surface area contributed by atoms with Crippen LogP contribution >= 0.6 is 0 Å². The lowest BCUT2D eigenvalue weighted by molar-refractivity contribution is 0.0520. The van der Waals surface area contributed by atoms with Crippen LogP contribution in [-0.4, -0.2) is 49.9 Å². The normalized spacial score (nSPS) is 16.7. The monoisotopic (exact) mass is 320 g/mol. The van der Waals surface area contributed by atoms with Crippen molar-refractivity contribution in [3.05, 3.63) is 29.3 Å². The topological polar surface area (TPSA) is 50.8 Å². The maximum atomic E-state index is 12.3. The van der Waals surface area contributed by atoms with E-state index in [2.05, 4.69) is 5.32 Å². The summed E-state index contributed by atoms with van der Waals surface area (Å²) >= 11 is 0. The van der Waals surface area contributed by atoms with Crippen LogP contribution in [0.25, 0.3) is 0 Å². The molecule has 5 heteroatoms. The number of carbonyl (C=O) groups excluding carboxylic acids is 1. The summed E-state index contributed by atoms with van der Waals surface area (Å²) in [7, 11) is 1.85. The summed E-state index contributed by atoms with van der Waals surface area (Å²) in [6, 6.07) is 6.24. The number of urea groups is 1. The van der Waals surface area contributed by atoms with E-state index in [0.29, 0.717) is 6.61 Å². The first-order valence-electron chi connectivity index (χ1n) is 8.29. The lowest BCUT2D eigenvalue weighted by Gasteiger charge is -2.32. The first-order valence-corrected chi connectivity index (χ1v) is 8.29. The number of aryl methyl sites for hydroxylation is 2. The first kappa shape index (κ1) is 17.6. The molecule has 0 radical (unpaired) electrons. The van der Waals surface area contributed by atoms with Crippen LogP contribution < -0.4 is 10.1 Å². The molecule has 2 amide bonds. The standard InChI is InChI=1S/C18H28N2O3/c1-13-6-5-7-14(2)17(13)23-12-15(3)19-18(21)20(4)16-8-10-22-11-9-16/h5-7,15-16H,8-12H2,1-4H3,(H,19,21)/t15-/m1/s1. The molecule has 1 aromatic carbocycles. The summed E-state index contributed by atoms with van der Waals surface area (Å²) in [5.41, 5.74) is 2.23. The fourth-order valence-corrected chi connectivity index (χ4v) is 2.83. The second-order valence-corrected chi connectivity index (χ2v) is 6.34. The number of hydrogen-bond acceptors (Lipinski definition) is 3. The Labute approximate surface area is 139 Å². The second kappa shape index (κ2) is 8.20. The van der Waals surface area contributed by atoms with Gasteiger partial charge in [-0.2, -0.15) is 0 Å². The van der Waals surface area contributed by atoms with Crippen LogP contribution in [0.15, 0.2) is 18.2 Å². The lowest BCUT2D eigenvalue weighted by Crippen LogP contribution is -2.49. The van der Waals surface area contributed by atoms with Gasteiger partial charge in [-0.3, -0.25) is 0 Å². The molecule has 0 unspecified atom stereocenters. The van der Waals surface area contributed by atoms with Gasteiger partial charge in [0, 0.05) is 26.3 Å². The van der Waals surface area contributed by atoms with Crippen LogP contribution in [-0.2, 0) is 4.74 Å². The highest BCUT2D eigenvalue weighted by molar-refractivity contribution is 5.74. The average Bonchev–Trinajstić information content (AvgIpc) is 2.54. The van der Waals surface area contributed by atoms with Gasteiger partial charge in [-0.05, 0) is 44.7 Å². The molecule has 2 rings (SSSR count). The van der Waals surface area contributed by atoms with E-state index in [1.54, 1.807) is 4.90 Å². The molecule has 0 aliphatic carbocycles. The Bertz CT molecular complexity index is 507. The molecular weight excluding hydrogens is 292 g/mol. The van der Waals surface area contributed by atoms with Gasteiger partial charge in [0.15, 0.2) is 0 Å². The minimum Gasteiger partial charge on any atom is -0.491 e. The molecule has 0 aromatic heterocycles. The summed E-state index contributed by atoms with van der Waals surface area (Å²) in [5, 5.41) is 3.01. The molecule has 1 aliphatic rings. The molecule has 1 aromatic rings. The number of nitrogens with one attached hydrogen (secondary N) is 1. The van der Waals surface area contributed by atoms with Gasteiger partial charge in [-0.15, -0.1) is 0 Å². The second-order valence-electron chi connectivity index (χ2n) is 6.34. The predicted octanol–water partition coefficient (Wildman–Crippen LogP) is 2.89. The Kier molecular flexibility index (Phi) is 6.28. The highest BCUT2D eigenvalue weighted by atomic mass is 16.5. The summed E-state index contributed by atoms with van der Waals surface area (Å²) in [6.45, 7) is 7.94. The molecule has 1 atom stereocenters. The largest absolute Gasteiger partial charge is 0.491 e. The van der Waals surface area contributed by atoms with Crippen molar-refractivity contribution in [1.29, 1.82) is 0 Å². The molecule has 5 nitrogen and oxygen atoms in total. The summed E-state index contributed by atoms with van der Waals surface area (Å²) in [4.78, 5) is 14.1. The molecule has 1 heterocycles. The Balaban J connectivity index is 1.81. The minimum atomic E-state index is -0.0520. The number of hydrogen-bond donors (Lipinski definition) is 1. The van der Waals surface area contributed by atoms with Crippen LogP contribution in [0.3, 0.4) is 0 Å². The van der Waals surface area contributed by atoms with Crippen molar-refractivity contribution in [1.82, 2.24) is 10.2 Å². The van der Waals surface area contributed by atoms with E-state index in [-0.39, 0.29) is 18.1 Å². The van der Waals surface area contributed by atoms with E-state index >= 15 is 0 Å². The van der Waals surface area contributed by atoms with E-state index in [1.165, 1.54) is 0 Å². The molecule has 1 saturated heterocycles. The Morgan fingerprint density at radius 2 is 1.96 bits per heavy atom. The molecule has 1 aliphatic heterocycles. The van der Waals surface area contributed by atoms with E-state index in [4.69, 9.17) is 9.47 Å². The van der Waals surface area contributed by atoms with Gasteiger partial charge < -0.3 is 19.7 Å². The van der Waals surface area contributed by atoms with Gasteiger partial charge in [0.1, 0.15) is 12.4 Å². The fourth-order valence-electron chi connectivity index (χ4n) is 2.83. The molecule has 1 N–H and O–H groups in total. The Hall–Kier alpha value is -1.75. The third kappa shape index (κ3) is 4.86. The number of amides is 2. The van der Waals surface area contributed by atoms with Gasteiger partial charge in [0.25, 0.3) is 0 Å². The number of carbonyl (C=O) groups is 1. The van der Waals surface area contributed by atoms with E-state index in [0.717, 1.165) is 42.9 Å². The number of ether oxygens (including phenoxy) is 2. The van der Waals surface area contributed by atoms with Crippen molar-refractivity contribution in [2.24, 2.45) is 0 Å². The number of rotatable bonds is 5. The van der Waals surface area contributed by atoms with Crippen LogP contribution in [0.2, 0.25) is 0 Å². The Morgan fingerprint density at radius 3 is 2.57 bits per heavy atom. The third-order valence-electron chi connectivity index (χ3n) is 4.32. The summed E-state index contributed by atoms with van der Waals surface area (Å²) < 4.78 is 11.2. The summed E-state index contributed by atoms with van der Waals surface area (Å²) in [6.07, 6.45) is 1.80. The molecule has 0 bridgehead atoms. The van der Waals surface area contributed by atoms with Gasteiger partial charge >= 0.3 is 6.03 Å². The fraction of sp³-hybridized carbons (Fsp3) is 0.611. The number of benzene rings is 1. The van der Waals surface area contributed by atoms with Crippen molar-refractivity contribution < 1.29 is 14.3 Å². The van der Waals surface area contributed by atoms with Crippen molar-refractivity contribution in [3.8, 4) is 5.75 Å². The molecule has 1 fully saturated rings. The van der Waals surface area contributed by atoms with Crippen molar-refractivity contribution >= 4 is 6.03 Å². The van der Waals surface area contributed by atoms with E-state index < -0.39 is 0 Å². The van der Waals surface area contributed by atoms with Crippen LogP contribution in [0.1, 0.15) is 30.9 Å². The van der Waals surface area contributed by atoms with Crippen LogP contribution in [0.4, 0.5) is 4.79 Å². The maximum Gasteiger partial charge on any atom is 0.317 e. The van der Waals surface area contributed by atoms with Gasteiger partial charge in [0.2, 0.25) is 0 Å². The third-order valence-corrected chi connectivity index (χ3v) is 4.32. The minimum absolute atomic E-state index is 0.0468. The zero-order valence-electron chi connectivity index (χ0n) is 14.6. The SMILES string of the molecule is Cc1cccc(C)c1OC[C@@H](C)NC(=O)N(C)C1CCOCC1.